The fourth-order valence-corrected chi connectivity index (χ4v) is 4.94. The van der Waals surface area contributed by atoms with Gasteiger partial charge in [-0.15, -0.1) is 9.94 Å². The first-order chi connectivity index (χ1) is 18.5. The number of piperidine rings is 2. The molecule has 2 amide bonds. The van der Waals surface area contributed by atoms with Crippen LogP contribution < -0.4 is 14.9 Å². The van der Waals surface area contributed by atoms with E-state index in [1.807, 2.05) is 24.3 Å². The molecule has 2 saturated heterocycles. The minimum Gasteiger partial charge on any atom is -0.393 e. The lowest BCUT2D eigenvalue weighted by molar-refractivity contribution is -0.0163. The van der Waals surface area contributed by atoms with E-state index in [2.05, 4.69) is 27.2 Å². The number of aromatic nitrogens is 3. The molecule has 1 unspecified atom stereocenters. The molecule has 1 atom stereocenters. The summed E-state index contributed by atoms with van der Waals surface area (Å²) in [6.45, 7) is 6.51. The molecule has 10 heteroatoms. The first-order valence-corrected chi connectivity index (χ1v) is 13.2. The van der Waals surface area contributed by atoms with Crippen molar-refractivity contribution in [2.24, 2.45) is 5.92 Å². The zero-order valence-corrected chi connectivity index (χ0v) is 21.7. The van der Waals surface area contributed by atoms with Crippen LogP contribution in [-0.2, 0) is 6.54 Å². The topological polar surface area (TPSA) is 102 Å². The van der Waals surface area contributed by atoms with E-state index in [9.17, 15) is 9.59 Å². The lowest BCUT2D eigenvalue weighted by Crippen LogP contribution is -2.44. The van der Waals surface area contributed by atoms with Crippen LogP contribution in [0.15, 0.2) is 61.1 Å². The number of anilines is 1. The summed E-state index contributed by atoms with van der Waals surface area (Å²) in [6.07, 6.45) is 8.34. The van der Waals surface area contributed by atoms with Gasteiger partial charge in [-0.25, -0.2) is 9.78 Å². The molecular formula is C28H34N6O4. The molecule has 0 radical (unpaired) electrons. The van der Waals surface area contributed by atoms with Gasteiger partial charge >= 0.3 is 6.09 Å². The maximum atomic E-state index is 12.7. The number of benzene rings is 1. The van der Waals surface area contributed by atoms with Crippen molar-refractivity contribution in [3.63, 3.8) is 0 Å². The first-order valence-electron chi connectivity index (χ1n) is 13.2. The molecule has 0 spiro atoms. The summed E-state index contributed by atoms with van der Waals surface area (Å²) in [5.74, 6) is 0.706. The Balaban J connectivity index is 1.07. The van der Waals surface area contributed by atoms with Gasteiger partial charge in [-0.2, -0.15) is 0 Å². The minimum atomic E-state index is -0.453. The van der Waals surface area contributed by atoms with Gasteiger partial charge in [0.1, 0.15) is 6.10 Å². The summed E-state index contributed by atoms with van der Waals surface area (Å²) in [5, 5.41) is 6.89. The molecular weight excluding hydrogens is 484 g/mol. The fourth-order valence-electron chi connectivity index (χ4n) is 4.94. The number of nitrogens with one attached hydrogen (secondary N) is 1. The number of likely N-dealkylation sites (tertiary alicyclic amines) is 2. The number of hydrogen-bond acceptors (Lipinski definition) is 7. The van der Waals surface area contributed by atoms with E-state index in [0.717, 1.165) is 25.6 Å². The van der Waals surface area contributed by atoms with Gasteiger partial charge < -0.3 is 19.8 Å². The van der Waals surface area contributed by atoms with E-state index in [-0.39, 0.29) is 17.9 Å². The molecule has 0 aliphatic carbocycles. The maximum Gasteiger partial charge on any atom is 0.416 e. The molecule has 0 bridgehead atoms. The number of rotatable bonds is 7. The highest BCUT2D eigenvalue weighted by atomic mass is 16.7. The molecule has 5 rings (SSSR count). The third-order valence-electron chi connectivity index (χ3n) is 6.99. The smallest absolute Gasteiger partial charge is 0.393 e. The van der Waals surface area contributed by atoms with E-state index in [0.29, 0.717) is 37.2 Å². The summed E-state index contributed by atoms with van der Waals surface area (Å²) in [4.78, 5) is 40.7. The largest absolute Gasteiger partial charge is 0.416 e. The van der Waals surface area contributed by atoms with E-state index in [4.69, 9.17) is 9.57 Å². The molecule has 2 aliphatic heterocycles. The highest BCUT2D eigenvalue weighted by molar-refractivity contribution is 6.04. The van der Waals surface area contributed by atoms with Crippen LogP contribution in [0.25, 0.3) is 0 Å². The standard InChI is InChI=1S/C28H34N6O4/c1-21-4-2-14-32(19-21)20-22-5-7-23(8-6-22)27(35)31-24-9-10-26(29-18-24)37-28(36)33-16-11-25(12-17-33)38-34-15-3-13-30-34/h3,5-10,13,15,18,21,25H,2,4,11-12,14,16-17,19-20H2,1H3,(H,31,35). The summed E-state index contributed by atoms with van der Waals surface area (Å²) in [7, 11) is 0. The van der Waals surface area contributed by atoms with Crippen molar-refractivity contribution in [2.45, 2.75) is 45.3 Å². The highest BCUT2D eigenvalue weighted by Gasteiger charge is 2.26. The monoisotopic (exact) mass is 518 g/mol. The molecule has 4 heterocycles. The van der Waals surface area contributed by atoms with Crippen LogP contribution in [0.2, 0.25) is 0 Å². The zero-order valence-electron chi connectivity index (χ0n) is 21.7. The van der Waals surface area contributed by atoms with Gasteiger partial charge in [0.05, 0.1) is 24.3 Å². The Kier molecular flexibility index (Phi) is 8.18. The second-order valence-electron chi connectivity index (χ2n) is 10.1. The minimum absolute atomic E-state index is 0.00495. The Bertz CT molecular complexity index is 1190. The highest BCUT2D eigenvalue weighted by Crippen LogP contribution is 2.19. The number of carbonyl (C=O) groups excluding carboxylic acids is 2. The summed E-state index contributed by atoms with van der Waals surface area (Å²) < 4.78 is 5.42. The Morgan fingerprint density at radius 2 is 1.87 bits per heavy atom. The van der Waals surface area contributed by atoms with Gasteiger partial charge in [-0.1, -0.05) is 19.1 Å². The molecule has 0 saturated carbocycles. The molecule has 3 aromatic rings. The van der Waals surface area contributed by atoms with Crippen LogP contribution >= 0.6 is 0 Å². The van der Waals surface area contributed by atoms with Crippen molar-refractivity contribution in [3.05, 3.63) is 72.2 Å². The number of nitrogens with zero attached hydrogens (tertiary/aromatic N) is 5. The van der Waals surface area contributed by atoms with Gasteiger partial charge in [-0.3, -0.25) is 9.69 Å². The third-order valence-corrected chi connectivity index (χ3v) is 6.99. The van der Waals surface area contributed by atoms with Crippen molar-refractivity contribution < 1.29 is 19.2 Å². The SMILES string of the molecule is CC1CCCN(Cc2ccc(C(=O)Nc3ccc(OC(=O)N4CCC(On5cccn5)CC4)nc3)cc2)C1. The fraction of sp³-hybridized carbons (Fsp3) is 0.429. The molecule has 1 N–H and O–H groups in total. The van der Waals surface area contributed by atoms with Crippen LogP contribution in [-0.4, -0.2) is 69.0 Å². The van der Waals surface area contributed by atoms with Crippen LogP contribution in [0, 0.1) is 5.92 Å². The third kappa shape index (κ3) is 6.89. The number of ether oxygens (including phenoxy) is 1. The molecule has 10 nitrogen and oxygen atoms in total. The summed E-state index contributed by atoms with van der Waals surface area (Å²) in [6, 6.07) is 12.8. The lowest BCUT2D eigenvalue weighted by Gasteiger charge is -2.30. The van der Waals surface area contributed by atoms with Gasteiger partial charge in [0.2, 0.25) is 5.88 Å². The van der Waals surface area contributed by atoms with Crippen molar-refractivity contribution in [3.8, 4) is 5.88 Å². The van der Waals surface area contributed by atoms with E-state index in [1.54, 1.807) is 35.5 Å². The van der Waals surface area contributed by atoms with Gasteiger partial charge in [-0.05, 0) is 55.1 Å². The average molecular weight is 519 g/mol. The molecule has 1 aromatic carbocycles. The van der Waals surface area contributed by atoms with Crippen LogP contribution in [0.5, 0.6) is 5.88 Å². The van der Waals surface area contributed by atoms with Crippen LogP contribution in [0.1, 0.15) is 48.5 Å². The lowest BCUT2D eigenvalue weighted by atomic mass is 9.99. The second kappa shape index (κ2) is 12.1. The number of pyridine rings is 1. The normalized spacial score (nSPS) is 18.7. The van der Waals surface area contributed by atoms with Gasteiger partial charge in [0, 0.05) is 50.7 Å². The molecule has 2 aliphatic rings. The molecule has 2 fully saturated rings. The molecule has 2 aromatic heterocycles. The summed E-state index contributed by atoms with van der Waals surface area (Å²) >= 11 is 0. The predicted octanol–water partition coefficient (Wildman–Crippen LogP) is 3.85. The maximum absolute atomic E-state index is 12.7. The Morgan fingerprint density at radius 3 is 2.55 bits per heavy atom. The Morgan fingerprint density at radius 1 is 1.05 bits per heavy atom. The molecule has 38 heavy (non-hydrogen) atoms. The van der Waals surface area contributed by atoms with E-state index in [1.165, 1.54) is 29.4 Å². The van der Waals surface area contributed by atoms with Crippen molar-refractivity contribution >= 4 is 17.7 Å². The summed E-state index contributed by atoms with van der Waals surface area (Å²) in [5.41, 5.74) is 2.31. The quantitative estimate of drug-likeness (QED) is 0.507. The Hall–Kier alpha value is -3.92. The van der Waals surface area contributed by atoms with Crippen molar-refractivity contribution in [1.29, 1.82) is 0 Å². The number of carbonyl (C=O) groups is 2. The van der Waals surface area contributed by atoms with Crippen molar-refractivity contribution in [1.82, 2.24) is 24.7 Å². The second-order valence-corrected chi connectivity index (χ2v) is 10.1. The number of amides is 2. The Labute approximate surface area is 222 Å². The van der Waals surface area contributed by atoms with E-state index >= 15 is 0 Å². The van der Waals surface area contributed by atoms with Crippen LogP contribution in [0.4, 0.5) is 10.5 Å². The van der Waals surface area contributed by atoms with E-state index < -0.39 is 6.09 Å². The average Bonchev–Trinajstić information content (AvgIpc) is 3.44. The molecule has 200 valence electrons. The van der Waals surface area contributed by atoms with Crippen molar-refractivity contribution in [2.75, 3.05) is 31.5 Å². The zero-order chi connectivity index (χ0) is 26.3. The van der Waals surface area contributed by atoms with Crippen LogP contribution in [0.3, 0.4) is 0 Å². The number of hydrogen-bond donors (Lipinski definition) is 1. The predicted molar refractivity (Wildman–Crippen MR) is 142 cm³/mol. The first kappa shape index (κ1) is 25.7. The van der Waals surface area contributed by atoms with Gasteiger partial charge in [0.15, 0.2) is 0 Å². The van der Waals surface area contributed by atoms with Gasteiger partial charge in [0.25, 0.3) is 5.91 Å².